The first-order valence-corrected chi connectivity index (χ1v) is 9.25. The van der Waals surface area contributed by atoms with Crippen molar-refractivity contribution in [1.29, 1.82) is 0 Å². The van der Waals surface area contributed by atoms with Gasteiger partial charge in [-0.25, -0.2) is 0 Å². The van der Waals surface area contributed by atoms with Crippen LogP contribution in [0.3, 0.4) is 0 Å². The first-order valence-electron chi connectivity index (χ1n) is 8.87. The Kier molecular flexibility index (Phi) is 4.69. The number of hydrogen-bond donors (Lipinski definition) is 1. The van der Waals surface area contributed by atoms with E-state index >= 15 is 0 Å². The molecule has 2 aromatic carbocycles. The molecule has 4 atom stereocenters. The number of hydrogen-bond acceptors (Lipinski definition) is 6. The molecule has 2 saturated heterocycles. The highest BCUT2D eigenvalue weighted by atomic mass is 35.5. The summed E-state index contributed by atoms with van der Waals surface area (Å²) in [4.78, 5) is 38.1. The molecule has 0 radical (unpaired) electrons. The normalized spacial score (nSPS) is 28.7. The maximum Gasteiger partial charge on any atom is 0.327 e. The molecule has 28 heavy (non-hydrogen) atoms. The molecule has 6 nitrogen and oxygen atoms in total. The summed E-state index contributed by atoms with van der Waals surface area (Å²) in [5, 5.41) is 3.81. The Morgan fingerprint density at radius 1 is 1.11 bits per heavy atom. The molecule has 1 N–H and O–H groups in total. The van der Waals surface area contributed by atoms with Gasteiger partial charge in [-0.05, 0) is 23.3 Å². The van der Waals surface area contributed by atoms with Gasteiger partial charge in [0.05, 0.1) is 13.0 Å². The summed E-state index contributed by atoms with van der Waals surface area (Å²) in [5.41, 5.74) is 0.168. The van der Waals surface area contributed by atoms with Gasteiger partial charge in [-0.1, -0.05) is 54.1 Å². The number of fused-ring (bicyclic) bond motifs is 1. The molecule has 144 valence electrons. The molecule has 7 heteroatoms. The Bertz CT molecular complexity index is 930. The molecule has 2 heterocycles. The molecule has 0 aliphatic carbocycles. The zero-order valence-electron chi connectivity index (χ0n) is 15.1. The summed E-state index contributed by atoms with van der Waals surface area (Å²) in [5.74, 6) is -3.75. The third-order valence-electron chi connectivity index (χ3n) is 5.49. The van der Waals surface area contributed by atoms with E-state index in [1.54, 1.807) is 24.3 Å². The van der Waals surface area contributed by atoms with E-state index in [0.717, 1.165) is 11.1 Å². The molecule has 4 rings (SSSR count). The second-order valence-electron chi connectivity index (χ2n) is 7.04. The van der Waals surface area contributed by atoms with E-state index in [-0.39, 0.29) is 6.42 Å². The molecular weight excluding hydrogens is 382 g/mol. The first kappa shape index (κ1) is 18.7. The number of ether oxygens (including phenoxy) is 2. The summed E-state index contributed by atoms with van der Waals surface area (Å²) in [6, 6.07) is 15.6. The van der Waals surface area contributed by atoms with E-state index < -0.39 is 41.3 Å². The Labute approximate surface area is 166 Å². The maximum atomic E-state index is 12.9. The number of halogens is 1. The average molecular weight is 400 g/mol. The van der Waals surface area contributed by atoms with Gasteiger partial charge < -0.3 is 9.47 Å². The zero-order valence-corrected chi connectivity index (χ0v) is 15.8. The van der Waals surface area contributed by atoms with E-state index in [4.69, 9.17) is 21.1 Å². The van der Waals surface area contributed by atoms with E-state index in [1.807, 2.05) is 30.3 Å². The number of rotatable bonds is 4. The summed E-state index contributed by atoms with van der Waals surface area (Å²) in [6.07, 6.45) is 0.189. The number of carbonyl (C=O) groups is 3. The minimum atomic E-state index is -1.41. The van der Waals surface area contributed by atoms with Crippen molar-refractivity contribution in [2.75, 3.05) is 7.11 Å². The smallest absolute Gasteiger partial charge is 0.327 e. The fourth-order valence-corrected chi connectivity index (χ4v) is 4.41. The van der Waals surface area contributed by atoms with E-state index in [2.05, 4.69) is 5.32 Å². The van der Waals surface area contributed by atoms with Crippen LogP contribution < -0.4 is 5.32 Å². The lowest BCUT2D eigenvalue weighted by Crippen LogP contribution is -2.56. The predicted molar refractivity (Wildman–Crippen MR) is 100 cm³/mol. The Morgan fingerprint density at radius 2 is 1.79 bits per heavy atom. The molecule has 0 aromatic heterocycles. The number of nitrogens with one attached hydrogen (secondary N) is 1. The molecular formula is C21H18ClNO5. The standard InChI is InChI=1S/C21H18ClNO5/c1-27-20(26)21(11-12-5-3-2-4-6-12)16-15(18(24)28-19(16)25)17(23-21)13-7-9-14(22)10-8-13/h2-10,15-17,23H,11H2,1H3/t15-,16-,17+,21-/m1/s1. The lowest BCUT2D eigenvalue weighted by Gasteiger charge is -2.31. The van der Waals surface area contributed by atoms with Crippen LogP contribution in [0.25, 0.3) is 0 Å². The van der Waals surface area contributed by atoms with Gasteiger partial charge in [-0.3, -0.25) is 19.7 Å². The lowest BCUT2D eigenvalue weighted by atomic mass is 9.76. The van der Waals surface area contributed by atoms with Crippen molar-refractivity contribution in [1.82, 2.24) is 5.32 Å². The summed E-state index contributed by atoms with van der Waals surface area (Å²) >= 11 is 5.98. The topological polar surface area (TPSA) is 81.7 Å². The largest absolute Gasteiger partial charge is 0.468 e. The third-order valence-corrected chi connectivity index (χ3v) is 5.75. The van der Waals surface area contributed by atoms with Crippen molar-refractivity contribution >= 4 is 29.5 Å². The molecule has 0 bridgehead atoms. The summed E-state index contributed by atoms with van der Waals surface area (Å²) in [7, 11) is 1.27. The monoisotopic (exact) mass is 399 g/mol. The first-order chi connectivity index (χ1) is 13.5. The minimum absolute atomic E-state index is 0.189. The highest BCUT2D eigenvalue weighted by Gasteiger charge is 2.68. The van der Waals surface area contributed by atoms with Crippen LogP contribution in [0.2, 0.25) is 5.02 Å². The lowest BCUT2D eigenvalue weighted by molar-refractivity contribution is -0.160. The fourth-order valence-electron chi connectivity index (χ4n) is 4.29. The SMILES string of the molecule is COC(=O)[C@]1(Cc2ccccc2)N[C@@H](c2ccc(Cl)cc2)[C@@H]2C(=O)OC(=O)[C@@H]21. The van der Waals surface area contributed by atoms with Gasteiger partial charge in [0.15, 0.2) is 0 Å². The number of methoxy groups -OCH3 is 1. The molecule has 0 spiro atoms. The van der Waals surface area contributed by atoms with Gasteiger partial charge in [0.1, 0.15) is 11.5 Å². The zero-order chi connectivity index (χ0) is 19.9. The van der Waals surface area contributed by atoms with Gasteiger partial charge in [0.2, 0.25) is 0 Å². The molecule has 2 aromatic rings. The van der Waals surface area contributed by atoms with Crippen LogP contribution in [-0.2, 0) is 30.3 Å². The van der Waals surface area contributed by atoms with Gasteiger partial charge in [0.25, 0.3) is 0 Å². The van der Waals surface area contributed by atoms with Crippen LogP contribution in [0.1, 0.15) is 17.2 Å². The van der Waals surface area contributed by atoms with Gasteiger partial charge in [-0.15, -0.1) is 0 Å². The van der Waals surface area contributed by atoms with Crippen LogP contribution in [0, 0.1) is 11.8 Å². The molecule has 2 aliphatic heterocycles. The van der Waals surface area contributed by atoms with Crippen molar-refractivity contribution in [3.63, 3.8) is 0 Å². The highest BCUT2D eigenvalue weighted by Crippen LogP contribution is 2.49. The Hall–Kier alpha value is -2.70. The summed E-state index contributed by atoms with van der Waals surface area (Å²) in [6.45, 7) is 0. The number of cyclic esters (lactones) is 2. The Morgan fingerprint density at radius 3 is 2.43 bits per heavy atom. The Balaban J connectivity index is 1.83. The molecule has 0 unspecified atom stereocenters. The minimum Gasteiger partial charge on any atom is -0.468 e. The maximum absolute atomic E-state index is 12.9. The van der Waals surface area contributed by atoms with Gasteiger partial charge in [-0.2, -0.15) is 0 Å². The third kappa shape index (κ3) is 2.89. The van der Waals surface area contributed by atoms with Crippen LogP contribution in [-0.4, -0.2) is 30.6 Å². The van der Waals surface area contributed by atoms with Crippen molar-refractivity contribution in [3.05, 3.63) is 70.7 Å². The summed E-state index contributed by atoms with van der Waals surface area (Å²) < 4.78 is 10.0. The van der Waals surface area contributed by atoms with Crippen molar-refractivity contribution in [3.8, 4) is 0 Å². The number of carbonyl (C=O) groups excluding carboxylic acids is 3. The van der Waals surface area contributed by atoms with Crippen molar-refractivity contribution in [2.24, 2.45) is 11.8 Å². The van der Waals surface area contributed by atoms with Crippen LogP contribution in [0.4, 0.5) is 0 Å². The number of esters is 3. The predicted octanol–water partition coefficient (Wildman–Crippen LogP) is 2.45. The second kappa shape index (κ2) is 7.04. The van der Waals surface area contributed by atoms with Crippen molar-refractivity contribution < 1.29 is 23.9 Å². The van der Waals surface area contributed by atoms with Crippen molar-refractivity contribution in [2.45, 2.75) is 18.0 Å². The van der Waals surface area contributed by atoms with Crippen LogP contribution >= 0.6 is 11.6 Å². The van der Waals surface area contributed by atoms with E-state index in [1.165, 1.54) is 7.11 Å². The molecule has 0 amide bonds. The quantitative estimate of drug-likeness (QED) is 0.628. The number of benzene rings is 2. The van der Waals surface area contributed by atoms with Gasteiger partial charge >= 0.3 is 17.9 Å². The second-order valence-corrected chi connectivity index (χ2v) is 7.48. The van der Waals surface area contributed by atoms with Crippen LogP contribution in [0.5, 0.6) is 0 Å². The highest BCUT2D eigenvalue weighted by molar-refractivity contribution is 6.30. The molecule has 2 aliphatic rings. The average Bonchev–Trinajstić information content (AvgIpc) is 3.20. The van der Waals surface area contributed by atoms with Gasteiger partial charge in [0, 0.05) is 17.5 Å². The van der Waals surface area contributed by atoms with E-state index in [0.29, 0.717) is 5.02 Å². The fraction of sp³-hybridized carbons (Fsp3) is 0.286. The van der Waals surface area contributed by atoms with E-state index in [9.17, 15) is 14.4 Å². The molecule has 0 saturated carbocycles. The molecule has 2 fully saturated rings. The van der Waals surface area contributed by atoms with Crippen LogP contribution in [0.15, 0.2) is 54.6 Å².